The second kappa shape index (κ2) is 7.15. The van der Waals surface area contributed by atoms with Crippen molar-refractivity contribution in [2.24, 2.45) is 0 Å². The van der Waals surface area contributed by atoms with Crippen LogP contribution >= 0.6 is 15.9 Å². The van der Waals surface area contributed by atoms with Crippen LogP contribution in [0.3, 0.4) is 0 Å². The molecule has 1 aromatic rings. The number of benzene rings is 1. The van der Waals surface area contributed by atoms with E-state index in [-0.39, 0.29) is 29.0 Å². The lowest BCUT2D eigenvalue weighted by molar-refractivity contribution is -0.384. The Morgan fingerprint density at radius 1 is 1.60 bits per heavy atom. The van der Waals surface area contributed by atoms with Crippen molar-refractivity contribution in [3.05, 3.63) is 32.5 Å². The third kappa shape index (κ3) is 4.14. The Morgan fingerprint density at radius 3 is 2.75 bits per heavy atom. The minimum atomic E-state index is -1.18. The number of rotatable bonds is 7. The molecule has 0 saturated heterocycles. The lowest BCUT2D eigenvalue weighted by Gasteiger charge is -2.22. The molecule has 0 aliphatic rings. The molecule has 0 saturated carbocycles. The van der Waals surface area contributed by atoms with Crippen molar-refractivity contribution in [3.8, 4) is 0 Å². The summed E-state index contributed by atoms with van der Waals surface area (Å²) in [5, 5.41) is 19.8. The van der Waals surface area contributed by atoms with E-state index in [9.17, 15) is 19.3 Å². The number of hydrogen-bond acceptors (Lipinski definition) is 5. The van der Waals surface area contributed by atoms with Crippen LogP contribution in [0.4, 0.5) is 15.8 Å². The minimum absolute atomic E-state index is 0.0602. The van der Waals surface area contributed by atoms with Crippen molar-refractivity contribution >= 4 is 33.3 Å². The first-order chi connectivity index (χ1) is 9.36. The Kier molecular flexibility index (Phi) is 5.83. The number of carboxylic acid groups (broad SMARTS) is 1. The summed E-state index contributed by atoms with van der Waals surface area (Å²) < 4.78 is 18.3. The van der Waals surface area contributed by atoms with E-state index >= 15 is 0 Å². The van der Waals surface area contributed by atoms with Gasteiger partial charge in [0.15, 0.2) is 0 Å². The summed E-state index contributed by atoms with van der Waals surface area (Å²) >= 11 is 2.86. The van der Waals surface area contributed by atoms with E-state index in [4.69, 9.17) is 9.84 Å². The van der Waals surface area contributed by atoms with Crippen molar-refractivity contribution in [1.29, 1.82) is 0 Å². The summed E-state index contributed by atoms with van der Waals surface area (Å²) in [7, 11) is 1.41. The zero-order valence-electron chi connectivity index (χ0n) is 10.5. The van der Waals surface area contributed by atoms with Crippen LogP contribution in [-0.4, -0.2) is 42.8 Å². The fraction of sp³-hybridized carbons (Fsp3) is 0.364. The maximum absolute atomic E-state index is 13.6. The molecule has 0 aliphatic carbocycles. The predicted octanol–water partition coefficient (Wildman–Crippen LogP) is 2.03. The van der Waals surface area contributed by atoms with Crippen LogP contribution < -0.4 is 4.90 Å². The number of halogens is 2. The van der Waals surface area contributed by atoms with E-state index < -0.39 is 23.3 Å². The van der Waals surface area contributed by atoms with E-state index in [0.717, 1.165) is 12.1 Å². The van der Waals surface area contributed by atoms with Crippen molar-refractivity contribution in [3.63, 3.8) is 0 Å². The van der Waals surface area contributed by atoms with Crippen LogP contribution in [-0.2, 0) is 9.53 Å². The highest BCUT2D eigenvalue weighted by molar-refractivity contribution is 9.10. The topological polar surface area (TPSA) is 92.9 Å². The highest BCUT2D eigenvalue weighted by atomic mass is 79.9. The predicted molar refractivity (Wildman–Crippen MR) is 72.5 cm³/mol. The Balaban J connectivity index is 3.25. The van der Waals surface area contributed by atoms with Crippen molar-refractivity contribution in [1.82, 2.24) is 0 Å². The summed E-state index contributed by atoms with van der Waals surface area (Å²) in [4.78, 5) is 22.3. The van der Waals surface area contributed by atoms with Gasteiger partial charge >= 0.3 is 5.97 Å². The summed E-state index contributed by atoms with van der Waals surface area (Å²) in [6.45, 7) is -0.252. The number of aliphatic carboxylic acids is 1. The second-order valence-electron chi connectivity index (χ2n) is 3.82. The molecule has 110 valence electrons. The Labute approximate surface area is 122 Å². The lowest BCUT2D eigenvalue weighted by Crippen LogP contribution is -2.33. The number of carbonyl (C=O) groups is 1. The molecular weight excluding hydrogens is 339 g/mol. The van der Waals surface area contributed by atoms with Gasteiger partial charge in [-0.15, -0.1) is 0 Å². The number of nitro groups is 1. The molecule has 1 rings (SSSR count). The molecule has 1 aromatic carbocycles. The standard InChI is InChI=1S/C11H12BrFN2O5/c1-20-3-2-14(6-11(16)17)9-5-8(13)7(12)4-10(9)15(18)19/h4-5H,2-3,6H2,1H3,(H,16,17). The van der Waals surface area contributed by atoms with Gasteiger partial charge in [0.2, 0.25) is 0 Å². The first-order valence-corrected chi connectivity index (χ1v) is 6.25. The largest absolute Gasteiger partial charge is 0.480 e. The molecule has 0 aliphatic heterocycles. The highest BCUT2D eigenvalue weighted by Gasteiger charge is 2.23. The van der Waals surface area contributed by atoms with E-state index in [1.807, 2.05) is 0 Å². The van der Waals surface area contributed by atoms with E-state index in [2.05, 4.69) is 15.9 Å². The molecule has 1 N–H and O–H groups in total. The Morgan fingerprint density at radius 2 is 2.25 bits per heavy atom. The molecule has 0 unspecified atom stereocenters. The minimum Gasteiger partial charge on any atom is -0.480 e. The second-order valence-corrected chi connectivity index (χ2v) is 4.67. The summed E-state index contributed by atoms with van der Waals surface area (Å²) in [6, 6.07) is 1.94. The molecule has 7 nitrogen and oxygen atoms in total. The number of hydrogen-bond donors (Lipinski definition) is 1. The first-order valence-electron chi connectivity index (χ1n) is 5.46. The van der Waals surface area contributed by atoms with E-state index in [1.54, 1.807) is 0 Å². The van der Waals surface area contributed by atoms with Gasteiger partial charge in [0.1, 0.15) is 18.0 Å². The first kappa shape index (κ1) is 16.3. The van der Waals surface area contributed by atoms with Crippen LogP contribution in [0, 0.1) is 15.9 Å². The zero-order chi connectivity index (χ0) is 15.3. The van der Waals surface area contributed by atoms with Gasteiger partial charge in [0.25, 0.3) is 5.69 Å². The number of anilines is 1. The molecule has 0 amide bonds. The molecule has 0 aromatic heterocycles. The van der Waals surface area contributed by atoms with Crippen LogP contribution in [0.15, 0.2) is 16.6 Å². The van der Waals surface area contributed by atoms with Crippen LogP contribution in [0.5, 0.6) is 0 Å². The van der Waals surface area contributed by atoms with Gasteiger partial charge in [-0.05, 0) is 15.9 Å². The molecular formula is C11H12BrFN2O5. The fourth-order valence-corrected chi connectivity index (χ4v) is 1.91. The third-order valence-electron chi connectivity index (χ3n) is 2.45. The average Bonchev–Trinajstić information content (AvgIpc) is 2.36. The molecule has 0 fully saturated rings. The lowest BCUT2D eigenvalue weighted by atomic mass is 10.2. The molecule has 20 heavy (non-hydrogen) atoms. The van der Waals surface area contributed by atoms with E-state index in [0.29, 0.717) is 0 Å². The highest BCUT2D eigenvalue weighted by Crippen LogP contribution is 2.33. The van der Waals surface area contributed by atoms with Crippen molar-refractivity contribution < 1.29 is 24.0 Å². The van der Waals surface area contributed by atoms with Gasteiger partial charge in [-0.25, -0.2) is 4.39 Å². The number of nitrogens with zero attached hydrogens (tertiary/aromatic N) is 2. The molecule has 0 bridgehead atoms. The van der Waals surface area contributed by atoms with Crippen LogP contribution in [0.25, 0.3) is 0 Å². The maximum Gasteiger partial charge on any atom is 0.323 e. The van der Waals surface area contributed by atoms with Gasteiger partial charge in [-0.3, -0.25) is 14.9 Å². The van der Waals surface area contributed by atoms with Gasteiger partial charge in [0, 0.05) is 25.8 Å². The number of carboxylic acids is 1. The number of methoxy groups -OCH3 is 1. The fourth-order valence-electron chi connectivity index (χ4n) is 1.57. The summed E-state index contributed by atoms with van der Waals surface area (Å²) in [6.07, 6.45) is 0. The van der Waals surface area contributed by atoms with Crippen molar-refractivity contribution in [2.75, 3.05) is 31.7 Å². The van der Waals surface area contributed by atoms with Gasteiger partial charge in [0.05, 0.1) is 16.0 Å². The quantitative estimate of drug-likeness (QED) is 0.597. The average molecular weight is 351 g/mol. The number of nitro benzene ring substituents is 1. The molecule has 0 atom stereocenters. The summed E-state index contributed by atoms with van der Waals surface area (Å²) in [5.41, 5.74) is -0.481. The summed E-state index contributed by atoms with van der Waals surface area (Å²) in [5.74, 6) is -1.89. The normalized spacial score (nSPS) is 10.3. The van der Waals surface area contributed by atoms with Crippen LogP contribution in [0.1, 0.15) is 0 Å². The molecule has 0 spiro atoms. The molecule has 0 radical (unpaired) electrons. The SMILES string of the molecule is COCCN(CC(=O)O)c1cc(F)c(Br)cc1[N+](=O)[O-]. The zero-order valence-corrected chi connectivity index (χ0v) is 12.1. The Bertz CT molecular complexity index is 526. The smallest absolute Gasteiger partial charge is 0.323 e. The van der Waals surface area contributed by atoms with E-state index in [1.165, 1.54) is 12.0 Å². The van der Waals surface area contributed by atoms with Gasteiger partial charge in [-0.2, -0.15) is 0 Å². The van der Waals surface area contributed by atoms with Crippen LogP contribution in [0.2, 0.25) is 0 Å². The molecule has 9 heteroatoms. The molecule has 0 heterocycles. The van der Waals surface area contributed by atoms with Crippen molar-refractivity contribution in [2.45, 2.75) is 0 Å². The van der Waals surface area contributed by atoms with Gasteiger partial charge < -0.3 is 14.7 Å². The monoisotopic (exact) mass is 350 g/mol. The van der Waals surface area contributed by atoms with Gasteiger partial charge in [-0.1, -0.05) is 0 Å². The third-order valence-corrected chi connectivity index (χ3v) is 3.05. The number of ether oxygens (including phenoxy) is 1. The Hall–Kier alpha value is -1.74. The maximum atomic E-state index is 13.6.